The Bertz CT molecular complexity index is 365. The number of nitrogens with one attached hydrogen (secondary N) is 1. The summed E-state index contributed by atoms with van der Waals surface area (Å²) in [4.78, 5) is 34.7. The molecule has 16 heavy (non-hydrogen) atoms. The quantitative estimate of drug-likeness (QED) is 0.621. The first-order chi connectivity index (χ1) is 7.46. The maximum Gasteiger partial charge on any atom is 0.331 e. The molecule has 6 nitrogen and oxygen atoms in total. The van der Waals surface area contributed by atoms with Crippen molar-refractivity contribution in [2.24, 2.45) is 0 Å². The van der Waals surface area contributed by atoms with E-state index >= 15 is 0 Å². The molecule has 0 aromatic heterocycles. The van der Waals surface area contributed by atoms with E-state index < -0.39 is 29.6 Å². The molecule has 2 saturated heterocycles. The highest BCUT2D eigenvalue weighted by Gasteiger charge is 2.50. The molecular formula is C9H11FN2O4. The number of ether oxygens (including phenoxy) is 1. The summed E-state index contributed by atoms with van der Waals surface area (Å²) >= 11 is 0. The van der Waals surface area contributed by atoms with Gasteiger partial charge in [0.2, 0.25) is 0 Å². The summed E-state index contributed by atoms with van der Waals surface area (Å²) < 4.78 is 18.3. The molecule has 2 fully saturated rings. The lowest BCUT2D eigenvalue weighted by Crippen LogP contribution is -2.66. The van der Waals surface area contributed by atoms with E-state index in [1.54, 1.807) is 6.92 Å². The van der Waals surface area contributed by atoms with Crippen LogP contribution in [0.3, 0.4) is 0 Å². The van der Waals surface area contributed by atoms with E-state index in [9.17, 15) is 18.8 Å². The van der Waals surface area contributed by atoms with E-state index in [1.807, 2.05) is 5.32 Å². The van der Waals surface area contributed by atoms with Crippen molar-refractivity contribution in [3.05, 3.63) is 0 Å². The number of urea groups is 1. The first kappa shape index (κ1) is 11.0. The third kappa shape index (κ3) is 1.47. The Labute approximate surface area is 90.7 Å². The standard InChI is InChI=1S/C9H11FN2O4/c1-9(2-3-16-4-9)12-7(14)5(10)6(13)11-8(12)15/h5H,2-4H2,1H3,(H,11,13,15). The predicted molar refractivity (Wildman–Crippen MR) is 49.1 cm³/mol. The lowest BCUT2D eigenvalue weighted by atomic mass is 9.98. The van der Waals surface area contributed by atoms with E-state index in [1.165, 1.54) is 0 Å². The number of carbonyl (C=O) groups excluding carboxylic acids is 3. The van der Waals surface area contributed by atoms with E-state index in [0.717, 1.165) is 4.90 Å². The van der Waals surface area contributed by atoms with Gasteiger partial charge in [0.1, 0.15) is 0 Å². The van der Waals surface area contributed by atoms with Crippen molar-refractivity contribution in [3.63, 3.8) is 0 Å². The van der Waals surface area contributed by atoms with Crippen LogP contribution in [0.15, 0.2) is 0 Å². The second-order valence-corrected chi connectivity index (χ2v) is 4.13. The minimum atomic E-state index is -2.31. The number of hydrogen-bond donors (Lipinski definition) is 1. The highest BCUT2D eigenvalue weighted by Crippen LogP contribution is 2.28. The van der Waals surface area contributed by atoms with Crippen molar-refractivity contribution >= 4 is 17.8 Å². The average molecular weight is 230 g/mol. The van der Waals surface area contributed by atoms with Gasteiger partial charge >= 0.3 is 6.03 Å². The van der Waals surface area contributed by atoms with Gasteiger partial charge in [0.15, 0.2) is 0 Å². The largest absolute Gasteiger partial charge is 0.379 e. The molecule has 0 bridgehead atoms. The lowest BCUT2D eigenvalue weighted by molar-refractivity contribution is -0.147. The molecule has 2 aliphatic heterocycles. The van der Waals surface area contributed by atoms with Gasteiger partial charge in [-0.15, -0.1) is 0 Å². The van der Waals surface area contributed by atoms with Crippen LogP contribution in [-0.2, 0) is 14.3 Å². The average Bonchev–Trinajstić information content (AvgIpc) is 2.62. The number of nitrogens with zero attached hydrogens (tertiary/aromatic N) is 1. The van der Waals surface area contributed by atoms with Crippen LogP contribution in [-0.4, -0.2) is 47.7 Å². The second-order valence-electron chi connectivity index (χ2n) is 4.13. The van der Waals surface area contributed by atoms with Crippen LogP contribution in [0.2, 0.25) is 0 Å². The maximum atomic E-state index is 13.2. The summed E-state index contributed by atoms with van der Waals surface area (Å²) in [5, 5.41) is 1.81. The zero-order chi connectivity index (χ0) is 11.9. The van der Waals surface area contributed by atoms with Gasteiger partial charge in [0.25, 0.3) is 18.0 Å². The van der Waals surface area contributed by atoms with Gasteiger partial charge in [0, 0.05) is 6.61 Å². The summed E-state index contributed by atoms with van der Waals surface area (Å²) in [6.45, 7) is 2.19. The zero-order valence-electron chi connectivity index (χ0n) is 8.66. The van der Waals surface area contributed by atoms with Crippen molar-refractivity contribution < 1.29 is 23.5 Å². The molecule has 0 saturated carbocycles. The van der Waals surface area contributed by atoms with E-state index in [2.05, 4.69) is 0 Å². The zero-order valence-corrected chi connectivity index (χ0v) is 8.66. The molecule has 0 aromatic carbocycles. The Morgan fingerprint density at radius 1 is 1.50 bits per heavy atom. The van der Waals surface area contributed by atoms with Gasteiger partial charge in [-0.25, -0.2) is 9.18 Å². The summed E-state index contributed by atoms with van der Waals surface area (Å²) in [5.74, 6) is -2.31. The third-order valence-electron chi connectivity index (χ3n) is 2.84. The Kier molecular flexibility index (Phi) is 2.42. The molecular weight excluding hydrogens is 219 g/mol. The highest BCUT2D eigenvalue weighted by atomic mass is 19.1. The smallest absolute Gasteiger partial charge is 0.331 e. The van der Waals surface area contributed by atoms with Gasteiger partial charge in [0.05, 0.1) is 12.1 Å². The second kappa shape index (κ2) is 3.51. The van der Waals surface area contributed by atoms with Crippen LogP contribution in [0.4, 0.5) is 9.18 Å². The number of amides is 4. The molecule has 0 aromatic rings. The van der Waals surface area contributed by atoms with E-state index in [4.69, 9.17) is 4.74 Å². The van der Waals surface area contributed by atoms with Crippen LogP contribution >= 0.6 is 0 Å². The summed E-state index contributed by atoms with van der Waals surface area (Å²) in [5.41, 5.74) is -0.869. The highest BCUT2D eigenvalue weighted by molar-refractivity contribution is 6.18. The molecule has 2 aliphatic rings. The van der Waals surface area contributed by atoms with Gasteiger partial charge < -0.3 is 4.74 Å². The first-order valence-corrected chi connectivity index (χ1v) is 4.86. The maximum absolute atomic E-state index is 13.2. The summed E-state index contributed by atoms with van der Waals surface area (Å²) in [6, 6.07) is -0.878. The van der Waals surface area contributed by atoms with Gasteiger partial charge in [-0.05, 0) is 13.3 Å². The third-order valence-corrected chi connectivity index (χ3v) is 2.84. The lowest BCUT2D eigenvalue weighted by Gasteiger charge is -2.38. The van der Waals surface area contributed by atoms with E-state index in [-0.39, 0.29) is 6.61 Å². The number of halogens is 1. The molecule has 0 aliphatic carbocycles. The minimum Gasteiger partial charge on any atom is -0.379 e. The molecule has 0 spiro atoms. The van der Waals surface area contributed by atoms with Gasteiger partial charge in [-0.3, -0.25) is 19.8 Å². The first-order valence-electron chi connectivity index (χ1n) is 4.86. The number of imide groups is 2. The monoisotopic (exact) mass is 230 g/mol. The summed E-state index contributed by atoms with van der Waals surface area (Å²) in [6.07, 6.45) is -1.87. The topological polar surface area (TPSA) is 75.7 Å². The van der Waals surface area contributed by atoms with Crippen molar-refractivity contribution in [2.75, 3.05) is 13.2 Å². The fraction of sp³-hybridized carbons (Fsp3) is 0.667. The van der Waals surface area contributed by atoms with Crippen molar-refractivity contribution in [1.82, 2.24) is 10.2 Å². The number of alkyl halides is 1. The molecule has 2 unspecified atom stereocenters. The molecule has 88 valence electrons. The molecule has 2 atom stereocenters. The van der Waals surface area contributed by atoms with Crippen molar-refractivity contribution in [3.8, 4) is 0 Å². The number of rotatable bonds is 1. The fourth-order valence-electron chi connectivity index (χ4n) is 1.89. The van der Waals surface area contributed by atoms with Gasteiger partial charge in [-0.2, -0.15) is 0 Å². The Balaban J connectivity index is 2.29. The molecule has 0 radical (unpaired) electrons. The molecule has 1 N–H and O–H groups in total. The van der Waals surface area contributed by atoms with Gasteiger partial charge in [-0.1, -0.05) is 0 Å². The Hall–Kier alpha value is -1.50. The number of hydrogen-bond acceptors (Lipinski definition) is 4. The molecule has 7 heteroatoms. The van der Waals surface area contributed by atoms with Crippen LogP contribution in [0.5, 0.6) is 0 Å². The normalized spacial score (nSPS) is 35.5. The molecule has 4 amide bonds. The summed E-state index contributed by atoms with van der Waals surface area (Å²) in [7, 11) is 0. The van der Waals surface area contributed by atoms with Crippen LogP contribution in [0, 0.1) is 0 Å². The van der Waals surface area contributed by atoms with Crippen molar-refractivity contribution in [2.45, 2.75) is 25.1 Å². The Morgan fingerprint density at radius 2 is 2.19 bits per heavy atom. The fourth-order valence-corrected chi connectivity index (χ4v) is 1.89. The van der Waals surface area contributed by atoms with Crippen molar-refractivity contribution in [1.29, 1.82) is 0 Å². The van der Waals surface area contributed by atoms with Crippen LogP contribution in [0.1, 0.15) is 13.3 Å². The molecule has 2 rings (SSSR count). The predicted octanol–water partition coefficient (Wildman–Crippen LogP) is -0.418. The Morgan fingerprint density at radius 3 is 2.75 bits per heavy atom. The SMILES string of the molecule is CC1(N2C(=O)NC(=O)C(F)C2=O)CCOC1. The van der Waals surface area contributed by atoms with Crippen LogP contribution in [0.25, 0.3) is 0 Å². The molecule has 2 heterocycles. The van der Waals surface area contributed by atoms with Crippen LogP contribution < -0.4 is 5.32 Å². The minimum absolute atomic E-state index is 0.160. The number of barbiturate groups is 1. The van der Waals surface area contributed by atoms with E-state index in [0.29, 0.717) is 13.0 Å². The number of carbonyl (C=O) groups is 3.